The molecule has 3 aliphatic rings. The number of unbranched alkanes of at least 4 members (excludes halogenated alkanes) is 53. The van der Waals surface area contributed by atoms with Crippen molar-refractivity contribution in [1.82, 2.24) is 5.32 Å². The number of carbonyl (C=O) groups is 1. The lowest BCUT2D eigenvalue weighted by molar-refractivity contribution is -0.379. The van der Waals surface area contributed by atoms with E-state index in [9.17, 15) is 61.0 Å². The average molecular weight is 1450 g/mol. The zero-order valence-corrected chi connectivity index (χ0v) is 64.2. The molecule has 0 aromatic rings. The van der Waals surface area contributed by atoms with Crippen LogP contribution in [0.2, 0.25) is 0 Å². The first-order valence-corrected chi connectivity index (χ1v) is 42.4. The first kappa shape index (κ1) is 93.7. The highest BCUT2D eigenvalue weighted by Crippen LogP contribution is 2.33. The number of allylic oxidation sites excluding steroid dienone is 1. The van der Waals surface area contributed by atoms with Crippen LogP contribution < -0.4 is 5.32 Å². The number of ether oxygens (including phenoxy) is 6. The van der Waals surface area contributed by atoms with Crippen LogP contribution in [0.4, 0.5) is 0 Å². The zero-order chi connectivity index (χ0) is 73.2. The lowest BCUT2D eigenvalue weighted by Crippen LogP contribution is -2.66. The third-order valence-corrected chi connectivity index (χ3v) is 21.6. The first-order chi connectivity index (χ1) is 49.3. The quantitative estimate of drug-likeness (QED) is 0.0199. The van der Waals surface area contributed by atoms with Gasteiger partial charge in [0.05, 0.1) is 38.6 Å². The molecule has 0 saturated carbocycles. The molecule has 0 bridgehead atoms. The van der Waals surface area contributed by atoms with Gasteiger partial charge in [0.2, 0.25) is 5.91 Å². The molecule has 19 heteroatoms. The van der Waals surface area contributed by atoms with Gasteiger partial charge in [-0.3, -0.25) is 4.79 Å². The normalized spacial score (nSPS) is 26.3. The predicted octanol–water partition coefficient (Wildman–Crippen LogP) is 14.7. The molecule has 17 unspecified atom stereocenters. The Balaban J connectivity index is 1.30. The molecule has 598 valence electrons. The third-order valence-electron chi connectivity index (χ3n) is 21.6. The van der Waals surface area contributed by atoms with E-state index >= 15 is 0 Å². The summed E-state index contributed by atoms with van der Waals surface area (Å²) >= 11 is 0. The Morgan fingerprint density at radius 2 is 0.614 bits per heavy atom. The number of aliphatic hydroxyl groups excluding tert-OH is 11. The molecule has 3 saturated heterocycles. The van der Waals surface area contributed by atoms with Crippen molar-refractivity contribution in [3.05, 3.63) is 12.2 Å². The highest BCUT2D eigenvalue weighted by Gasteiger charge is 2.54. The molecule has 3 fully saturated rings. The number of aliphatic hydroxyl groups is 11. The zero-order valence-electron chi connectivity index (χ0n) is 64.2. The van der Waals surface area contributed by atoms with Crippen LogP contribution in [0.3, 0.4) is 0 Å². The molecule has 1 amide bonds. The summed E-state index contributed by atoms with van der Waals surface area (Å²) in [6.07, 6.45) is 49.5. The van der Waals surface area contributed by atoms with Crippen LogP contribution in [0.15, 0.2) is 12.2 Å². The summed E-state index contributed by atoms with van der Waals surface area (Å²) < 4.78 is 34.5. The van der Waals surface area contributed by atoms with Crippen molar-refractivity contribution in [3.8, 4) is 0 Å². The summed E-state index contributed by atoms with van der Waals surface area (Å²) in [5.41, 5.74) is 0. The topological polar surface area (TPSA) is 307 Å². The summed E-state index contributed by atoms with van der Waals surface area (Å²) in [5, 5.41) is 121. The van der Waals surface area contributed by atoms with Gasteiger partial charge < -0.3 is 89.9 Å². The van der Waals surface area contributed by atoms with Crippen LogP contribution in [-0.2, 0) is 33.2 Å². The van der Waals surface area contributed by atoms with Gasteiger partial charge in [-0.05, 0) is 19.3 Å². The van der Waals surface area contributed by atoms with Crippen molar-refractivity contribution >= 4 is 5.91 Å². The second-order valence-electron chi connectivity index (χ2n) is 30.7. The van der Waals surface area contributed by atoms with Gasteiger partial charge in [-0.15, -0.1) is 0 Å². The fraction of sp³-hybridized carbons (Fsp3) is 0.963. The molecular weight excluding hydrogens is 1290 g/mol. The summed E-state index contributed by atoms with van der Waals surface area (Å²) in [5.74, 6) is -0.266. The standard InChI is InChI=1S/C82H157NO18/c1-3-5-7-9-11-13-15-17-19-21-23-24-25-26-27-28-29-30-31-32-33-34-35-36-37-38-39-40-41-42-44-46-48-50-52-54-56-58-60-70(88)83-65(66(87)59-57-55-53-51-49-47-45-43-22-20-18-16-14-12-10-8-6-4-2)64-96-80-76(94)73(91)78(68(62-85)98-80)101-82-77(95)74(92)79(69(63-86)99-82)100-81-75(93)72(90)71(89)67(61-84)97-81/h57,59,65-69,71-82,84-87,89-95H,3-56,58,60-64H2,1-2H3,(H,83,88)/b59-57+. The summed E-state index contributed by atoms with van der Waals surface area (Å²) in [4.78, 5) is 13.5. The van der Waals surface area contributed by atoms with E-state index in [4.69, 9.17) is 28.4 Å². The molecule has 0 aliphatic carbocycles. The van der Waals surface area contributed by atoms with E-state index < -0.39 is 124 Å². The number of nitrogens with one attached hydrogen (secondary N) is 1. The first-order valence-electron chi connectivity index (χ1n) is 42.4. The molecular formula is C82H157NO18. The summed E-state index contributed by atoms with van der Waals surface area (Å²) in [6, 6.07) is -0.970. The van der Waals surface area contributed by atoms with E-state index in [0.29, 0.717) is 6.42 Å². The van der Waals surface area contributed by atoms with Crippen LogP contribution in [-0.4, -0.2) is 193 Å². The SMILES string of the molecule is CCCCCCCCCCCCCCCCCC/C=C/C(O)C(COC1OC(CO)C(OC2OC(CO)C(OC3OC(CO)C(O)C(O)C3O)C(O)C2O)C(O)C1O)NC(=O)CCCCCCCCCCCCCCCCCCCCCCCCCCCCCCCCCCCCCCCC. The summed E-state index contributed by atoms with van der Waals surface area (Å²) in [7, 11) is 0. The number of carbonyl (C=O) groups excluding carboxylic acids is 1. The minimum Gasteiger partial charge on any atom is -0.394 e. The molecule has 12 N–H and O–H groups in total. The average Bonchev–Trinajstić information content (AvgIpc) is 0.783. The van der Waals surface area contributed by atoms with E-state index in [1.165, 1.54) is 302 Å². The van der Waals surface area contributed by atoms with E-state index in [0.717, 1.165) is 44.9 Å². The molecule has 0 aromatic carbocycles. The maximum absolute atomic E-state index is 13.5. The lowest BCUT2D eigenvalue weighted by Gasteiger charge is -2.48. The maximum atomic E-state index is 13.5. The van der Waals surface area contributed by atoms with Gasteiger partial charge in [0.1, 0.15) is 73.2 Å². The molecule has 0 aromatic heterocycles. The van der Waals surface area contributed by atoms with Gasteiger partial charge in [-0.1, -0.05) is 360 Å². The van der Waals surface area contributed by atoms with Crippen molar-refractivity contribution in [3.63, 3.8) is 0 Å². The van der Waals surface area contributed by atoms with Crippen molar-refractivity contribution in [1.29, 1.82) is 0 Å². The highest BCUT2D eigenvalue weighted by atomic mass is 16.8. The Morgan fingerprint density at radius 1 is 0.347 bits per heavy atom. The minimum absolute atomic E-state index is 0.250. The van der Waals surface area contributed by atoms with Gasteiger partial charge in [0.15, 0.2) is 18.9 Å². The molecule has 0 radical (unpaired) electrons. The van der Waals surface area contributed by atoms with Gasteiger partial charge in [0, 0.05) is 6.42 Å². The van der Waals surface area contributed by atoms with Crippen molar-refractivity contribution in [2.24, 2.45) is 0 Å². The number of amides is 1. The Kier molecular flexibility index (Phi) is 58.9. The highest BCUT2D eigenvalue weighted by molar-refractivity contribution is 5.76. The second kappa shape index (κ2) is 63.5. The second-order valence-corrected chi connectivity index (χ2v) is 30.7. The largest absolute Gasteiger partial charge is 0.394 e. The Hall–Kier alpha value is -1.47. The third kappa shape index (κ3) is 43.3. The molecule has 3 heterocycles. The molecule has 19 nitrogen and oxygen atoms in total. The van der Waals surface area contributed by atoms with Crippen LogP contribution in [0.1, 0.15) is 373 Å². The maximum Gasteiger partial charge on any atom is 0.220 e. The van der Waals surface area contributed by atoms with Crippen LogP contribution in [0.5, 0.6) is 0 Å². The van der Waals surface area contributed by atoms with Gasteiger partial charge in [-0.25, -0.2) is 0 Å². The van der Waals surface area contributed by atoms with Crippen molar-refractivity contribution < 1.29 is 89.4 Å². The fourth-order valence-electron chi connectivity index (χ4n) is 14.8. The van der Waals surface area contributed by atoms with Crippen molar-refractivity contribution in [2.45, 2.75) is 478 Å². The van der Waals surface area contributed by atoms with E-state index in [1.54, 1.807) is 6.08 Å². The summed E-state index contributed by atoms with van der Waals surface area (Å²) in [6.45, 7) is 1.80. The minimum atomic E-state index is -1.98. The van der Waals surface area contributed by atoms with Crippen LogP contribution in [0, 0.1) is 0 Å². The molecule has 17 atom stereocenters. The molecule has 0 spiro atoms. The lowest BCUT2D eigenvalue weighted by atomic mass is 9.96. The number of hydrogen-bond acceptors (Lipinski definition) is 18. The predicted molar refractivity (Wildman–Crippen MR) is 402 cm³/mol. The van der Waals surface area contributed by atoms with E-state index in [2.05, 4.69) is 19.2 Å². The van der Waals surface area contributed by atoms with Gasteiger partial charge in [-0.2, -0.15) is 0 Å². The number of rotatable bonds is 69. The van der Waals surface area contributed by atoms with E-state index in [1.807, 2.05) is 6.08 Å². The van der Waals surface area contributed by atoms with Crippen molar-refractivity contribution in [2.75, 3.05) is 26.4 Å². The molecule has 101 heavy (non-hydrogen) atoms. The van der Waals surface area contributed by atoms with Gasteiger partial charge >= 0.3 is 0 Å². The van der Waals surface area contributed by atoms with Gasteiger partial charge in [0.25, 0.3) is 0 Å². The molecule has 3 rings (SSSR count). The number of hydrogen-bond donors (Lipinski definition) is 12. The van der Waals surface area contributed by atoms with E-state index in [-0.39, 0.29) is 18.9 Å². The van der Waals surface area contributed by atoms with Crippen LogP contribution >= 0.6 is 0 Å². The Morgan fingerprint density at radius 3 is 0.931 bits per heavy atom. The fourth-order valence-corrected chi connectivity index (χ4v) is 14.8. The Labute approximate surface area is 614 Å². The Bertz CT molecular complexity index is 1870. The smallest absolute Gasteiger partial charge is 0.220 e. The molecule has 3 aliphatic heterocycles. The van der Waals surface area contributed by atoms with Crippen LogP contribution in [0.25, 0.3) is 0 Å². The monoisotopic (exact) mass is 1440 g/mol.